The Morgan fingerprint density at radius 3 is 2.50 bits per heavy atom. The van der Waals surface area contributed by atoms with Crippen LogP contribution in [0.5, 0.6) is 0 Å². The molecule has 2 fully saturated rings. The van der Waals surface area contributed by atoms with Crippen molar-refractivity contribution >= 4 is 21.7 Å². The number of nitrogens with one attached hydrogen (secondary N) is 2. The van der Waals surface area contributed by atoms with Crippen LogP contribution >= 0.6 is 15.9 Å². The Morgan fingerprint density at radius 2 is 1.90 bits per heavy atom. The molecule has 1 aromatic carbocycles. The third-order valence-corrected chi connectivity index (χ3v) is 4.54. The number of hydrogen-bond acceptors (Lipinski definition) is 3. The van der Waals surface area contributed by atoms with Gasteiger partial charge in [0.25, 0.3) is 0 Å². The second-order valence-corrected chi connectivity index (χ2v) is 6.19. The molecule has 1 saturated carbocycles. The van der Waals surface area contributed by atoms with Gasteiger partial charge in [0.15, 0.2) is 5.78 Å². The minimum absolute atomic E-state index is 0.126. The Hall–Kier alpha value is -1.36. The third-order valence-electron chi connectivity index (χ3n) is 3.93. The molecule has 2 N–H and O–H groups in total. The SMILES string of the molecule is O=C(C=C1N[C@H]2CCCC[C@H]2N1)c1ccc(F)c(Br)c1. The molecule has 5 heteroatoms. The van der Waals surface area contributed by atoms with Gasteiger partial charge in [-0.2, -0.15) is 0 Å². The highest BCUT2D eigenvalue weighted by molar-refractivity contribution is 9.10. The van der Waals surface area contributed by atoms with Gasteiger partial charge in [0.05, 0.1) is 4.47 Å². The first-order valence-electron chi connectivity index (χ1n) is 6.87. The molecule has 0 unspecified atom stereocenters. The van der Waals surface area contributed by atoms with E-state index in [9.17, 15) is 9.18 Å². The number of ketones is 1. The van der Waals surface area contributed by atoms with Gasteiger partial charge < -0.3 is 10.6 Å². The number of carbonyl (C=O) groups excluding carboxylic acids is 1. The minimum atomic E-state index is -0.364. The van der Waals surface area contributed by atoms with E-state index < -0.39 is 0 Å². The molecule has 3 rings (SSSR count). The molecule has 1 aromatic rings. The maximum atomic E-state index is 13.2. The summed E-state index contributed by atoms with van der Waals surface area (Å²) in [6.07, 6.45) is 6.33. The molecule has 0 spiro atoms. The van der Waals surface area contributed by atoms with Crippen LogP contribution in [0, 0.1) is 5.82 Å². The molecule has 106 valence electrons. The van der Waals surface area contributed by atoms with Crippen molar-refractivity contribution in [1.29, 1.82) is 0 Å². The number of carbonyl (C=O) groups is 1. The zero-order chi connectivity index (χ0) is 14.1. The number of allylic oxidation sites excluding steroid dienone is 1. The number of rotatable bonds is 2. The molecule has 1 aliphatic heterocycles. The summed E-state index contributed by atoms with van der Waals surface area (Å²) in [6, 6.07) is 5.18. The van der Waals surface area contributed by atoms with Gasteiger partial charge in [-0.3, -0.25) is 4.79 Å². The summed E-state index contributed by atoms with van der Waals surface area (Å²) in [5.41, 5.74) is 0.476. The van der Waals surface area contributed by atoms with Crippen LogP contribution in [0.1, 0.15) is 36.0 Å². The van der Waals surface area contributed by atoms with Gasteiger partial charge in [-0.15, -0.1) is 0 Å². The highest BCUT2D eigenvalue weighted by Gasteiger charge is 2.31. The molecule has 2 aliphatic rings. The summed E-state index contributed by atoms with van der Waals surface area (Å²) < 4.78 is 13.5. The summed E-state index contributed by atoms with van der Waals surface area (Å²) >= 11 is 3.10. The van der Waals surface area contributed by atoms with Gasteiger partial charge in [0, 0.05) is 23.7 Å². The van der Waals surface area contributed by atoms with Crippen molar-refractivity contribution in [2.75, 3.05) is 0 Å². The predicted molar refractivity (Wildman–Crippen MR) is 78.8 cm³/mol. The van der Waals surface area contributed by atoms with Gasteiger partial charge in [0.1, 0.15) is 11.6 Å². The topological polar surface area (TPSA) is 41.1 Å². The first-order chi connectivity index (χ1) is 9.63. The summed E-state index contributed by atoms with van der Waals surface area (Å²) in [5, 5.41) is 6.73. The van der Waals surface area contributed by atoms with E-state index in [1.54, 1.807) is 6.08 Å². The second kappa shape index (κ2) is 5.56. The van der Waals surface area contributed by atoms with Crippen LogP contribution in [0.3, 0.4) is 0 Å². The number of benzene rings is 1. The molecule has 0 amide bonds. The molecule has 1 saturated heterocycles. The van der Waals surface area contributed by atoms with Crippen LogP contribution in [0.25, 0.3) is 0 Å². The van der Waals surface area contributed by atoms with E-state index in [2.05, 4.69) is 26.6 Å². The average Bonchev–Trinajstić information content (AvgIpc) is 2.83. The van der Waals surface area contributed by atoms with Gasteiger partial charge in [-0.1, -0.05) is 12.8 Å². The smallest absolute Gasteiger partial charge is 0.189 e. The standard InChI is InChI=1S/C15H16BrFN2O/c16-10-7-9(5-6-11(10)17)14(20)8-15-18-12-3-1-2-4-13(12)19-15/h5-8,12-13,18-19H,1-4H2/t12-,13+. The maximum absolute atomic E-state index is 13.2. The molecule has 3 nitrogen and oxygen atoms in total. The Balaban J connectivity index is 1.75. The Kier molecular flexibility index (Phi) is 3.78. The predicted octanol–water partition coefficient (Wildman–Crippen LogP) is 3.12. The van der Waals surface area contributed by atoms with Gasteiger partial charge in [-0.25, -0.2) is 4.39 Å². The van der Waals surface area contributed by atoms with Gasteiger partial charge >= 0.3 is 0 Å². The first kappa shape index (κ1) is 13.6. The van der Waals surface area contributed by atoms with Crippen molar-refractivity contribution in [2.24, 2.45) is 0 Å². The molecule has 2 atom stereocenters. The van der Waals surface area contributed by atoms with Crippen LogP contribution in [0.15, 0.2) is 34.6 Å². The van der Waals surface area contributed by atoms with E-state index in [1.807, 2.05) is 0 Å². The average molecular weight is 339 g/mol. The first-order valence-corrected chi connectivity index (χ1v) is 7.67. The van der Waals surface area contributed by atoms with Gasteiger partial charge in [-0.05, 0) is 47.0 Å². The van der Waals surface area contributed by atoms with Crippen LogP contribution in [0.4, 0.5) is 4.39 Å². The highest BCUT2D eigenvalue weighted by atomic mass is 79.9. The van der Waals surface area contributed by atoms with Crippen molar-refractivity contribution < 1.29 is 9.18 Å². The lowest BCUT2D eigenvalue weighted by Gasteiger charge is -2.23. The van der Waals surface area contributed by atoms with E-state index in [0.29, 0.717) is 22.1 Å². The quantitative estimate of drug-likeness (QED) is 0.643. The number of hydrogen-bond donors (Lipinski definition) is 2. The van der Waals surface area contributed by atoms with E-state index >= 15 is 0 Å². The van der Waals surface area contributed by atoms with E-state index in [4.69, 9.17) is 0 Å². The Labute approximate surface area is 125 Å². The fraction of sp³-hybridized carbons (Fsp3) is 0.400. The normalized spacial score (nSPS) is 26.8. The van der Waals surface area contributed by atoms with Crippen LogP contribution in [-0.2, 0) is 0 Å². The van der Waals surface area contributed by atoms with E-state index in [-0.39, 0.29) is 11.6 Å². The second-order valence-electron chi connectivity index (χ2n) is 5.34. The fourth-order valence-corrected chi connectivity index (χ4v) is 3.24. The minimum Gasteiger partial charge on any atom is -0.367 e. The number of halogens is 2. The van der Waals surface area contributed by atoms with E-state index in [1.165, 1.54) is 31.0 Å². The zero-order valence-electron chi connectivity index (χ0n) is 11.0. The lowest BCUT2D eigenvalue weighted by molar-refractivity contribution is 0.104. The molecular formula is C15H16BrFN2O. The maximum Gasteiger partial charge on any atom is 0.189 e. The van der Waals surface area contributed by atoms with Crippen molar-refractivity contribution in [1.82, 2.24) is 10.6 Å². The molecule has 0 bridgehead atoms. The third kappa shape index (κ3) is 2.73. The fourth-order valence-electron chi connectivity index (χ4n) is 2.86. The van der Waals surface area contributed by atoms with E-state index in [0.717, 1.165) is 18.7 Å². The van der Waals surface area contributed by atoms with Crippen LogP contribution in [0.2, 0.25) is 0 Å². The largest absolute Gasteiger partial charge is 0.367 e. The zero-order valence-corrected chi connectivity index (χ0v) is 12.5. The van der Waals surface area contributed by atoms with Crippen molar-refractivity contribution in [2.45, 2.75) is 37.8 Å². The molecule has 20 heavy (non-hydrogen) atoms. The van der Waals surface area contributed by atoms with Crippen LogP contribution in [-0.4, -0.2) is 17.9 Å². The summed E-state index contributed by atoms with van der Waals surface area (Å²) in [4.78, 5) is 12.2. The van der Waals surface area contributed by atoms with Crippen LogP contribution < -0.4 is 10.6 Å². The van der Waals surface area contributed by atoms with Crippen molar-refractivity contribution in [3.8, 4) is 0 Å². The summed E-state index contributed by atoms with van der Waals surface area (Å²) in [6.45, 7) is 0. The molecule has 1 heterocycles. The summed E-state index contributed by atoms with van der Waals surface area (Å²) in [5.74, 6) is 0.295. The lowest BCUT2D eigenvalue weighted by atomic mass is 9.92. The summed E-state index contributed by atoms with van der Waals surface area (Å²) in [7, 11) is 0. The number of fused-ring (bicyclic) bond motifs is 1. The Morgan fingerprint density at radius 1 is 1.25 bits per heavy atom. The Bertz CT molecular complexity index is 557. The molecule has 1 aliphatic carbocycles. The monoisotopic (exact) mass is 338 g/mol. The molecular weight excluding hydrogens is 323 g/mol. The van der Waals surface area contributed by atoms with Crippen molar-refractivity contribution in [3.63, 3.8) is 0 Å². The molecule has 0 aromatic heterocycles. The van der Waals surface area contributed by atoms with Gasteiger partial charge in [0.2, 0.25) is 0 Å². The molecule has 0 radical (unpaired) electrons. The highest BCUT2D eigenvalue weighted by Crippen LogP contribution is 2.24. The lowest BCUT2D eigenvalue weighted by Crippen LogP contribution is -2.36. The van der Waals surface area contributed by atoms with Crippen molar-refractivity contribution in [3.05, 3.63) is 45.9 Å².